The summed E-state index contributed by atoms with van der Waals surface area (Å²) in [6.07, 6.45) is 2.27. The highest BCUT2D eigenvalue weighted by Gasteiger charge is 2.21. The van der Waals surface area contributed by atoms with E-state index in [4.69, 9.17) is 11.6 Å². The number of amides is 1. The van der Waals surface area contributed by atoms with Crippen LogP contribution in [0.5, 0.6) is 0 Å². The quantitative estimate of drug-likeness (QED) is 0.850. The van der Waals surface area contributed by atoms with Crippen molar-refractivity contribution in [2.45, 2.75) is 18.9 Å². The summed E-state index contributed by atoms with van der Waals surface area (Å²) in [4.78, 5) is 11.4. The molecule has 1 aromatic rings. The second kappa shape index (κ2) is 4.80. The van der Waals surface area contributed by atoms with E-state index < -0.39 is 5.82 Å². The van der Waals surface area contributed by atoms with Crippen LogP contribution in [0.3, 0.4) is 0 Å². The van der Waals surface area contributed by atoms with E-state index in [1.807, 2.05) is 0 Å². The molecular formula is C11H12ClFN2O. The Labute approximate surface area is 98.0 Å². The number of nitrogens with one attached hydrogen (secondary N) is 2. The Hall–Kier alpha value is -1.13. The van der Waals surface area contributed by atoms with E-state index in [-0.39, 0.29) is 17.5 Å². The van der Waals surface area contributed by atoms with Gasteiger partial charge >= 0.3 is 0 Å². The first-order valence-corrected chi connectivity index (χ1v) is 5.51. The van der Waals surface area contributed by atoms with E-state index in [0.717, 1.165) is 12.8 Å². The van der Waals surface area contributed by atoms with Gasteiger partial charge in [0.1, 0.15) is 5.82 Å². The summed E-state index contributed by atoms with van der Waals surface area (Å²) in [5.74, 6) is -0.634. The fourth-order valence-electron chi connectivity index (χ4n) is 1.30. The second-order valence-corrected chi connectivity index (χ2v) is 4.24. The standard InChI is InChI=1S/C11H12ClFN2O/c12-9-5-8(3-4-10(9)13)15-11(16)6-14-7-1-2-7/h3-5,7,14H,1-2,6H2,(H,15,16). The van der Waals surface area contributed by atoms with E-state index in [2.05, 4.69) is 10.6 Å². The SMILES string of the molecule is O=C(CNC1CC1)Nc1ccc(F)c(Cl)c1. The maximum absolute atomic E-state index is 12.8. The van der Waals surface area contributed by atoms with Crippen LogP contribution in [-0.2, 0) is 4.79 Å². The van der Waals surface area contributed by atoms with Crippen LogP contribution in [-0.4, -0.2) is 18.5 Å². The van der Waals surface area contributed by atoms with E-state index in [1.165, 1.54) is 18.2 Å². The Kier molecular flexibility index (Phi) is 3.41. The zero-order valence-corrected chi connectivity index (χ0v) is 9.35. The molecule has 16 heavy (non-hydrogen) atoms. The van der Waals surface area contributed by atoms with Gasteiger partial charge < -0.3 is 10.6 Å². The minimum atomic E-state index is -0.490. The summed E-state index contributed by atoms with van der Waals surface area (Å²) in [5.41, 5.74) is 0.508. The van der Waals surface area contributed by atoms with Crippen LogP contribution < -0.4 is 10.6 Å². The van der Waals surface area contributed by atoms with E-state index in [1.54, 1.807) is 0 Å². The van der Waals surface area contributed by atoms with Crippen molar-refractivity contribution in [1.82, 2.24) is 5.32 Å². The summed E-state index contributed by atoms with van der Waals surface area (Å²) in [7, 11) is 0. The molecule has 0 atom stereocenters. The first kappa shape index (κ1) is 11.4. The van der Waals surface area contributed by atoms with Crippen molar-refractivity contribution in [2.24, 2.45) is 0 Å². The molecule has 2 rings (SSSR count). The Bertz CT molecular complexity index is 407. The van der Waals surface area contributed by atoms with Gasteiger partial charge in [0.05, 0.1) is 11.6 Å². The zero-order valence-electron chi connectivity index (χ0n) is 8.59. The zero-order chi connectivity index (χ0) is 11.5. The van der Waals surface area contributed by atoms with E-state index >= 15 is 0 Å². The van der Waals surface area contributed by atoms with Crippen LogP contribution >= 0.6 is 11.6 Å². The Morgan fingerprint density at radius 1 is 1.50 bits per heavy atom. The molecule has 0 saturated heterocycles. The largest absolute Gasteiger partial charge is 0.325 e. The van der Waals surface area contributed by atoms with Gasteiger partial charge in [0.25, 0.3) is 0 Å². The third-order valence-electron chi connectivity index (χ3n) is 2.33. The fourth-order valence-corrected chi connectivity index (χ4v) is 1.48. The predicted molar refractivity (Wildman–Crippen MR) is 61.1 cm³/mol. The molecule has 0 unspecified atom stereocenters. The van der Waals surface area contributed by atoms with Gasteiger partial charge in [0, 0.05) is 11.7 Å². The van der Waals surface area contributed by atoms with Crippen molar-refractivity contribution < 1.29 is 9.18 Å². The van der Waals surface area contributed by atoms with Gasteiger partial charge in [-0.05, 0) is 31.0 Å². The lowest BCUT2D eigenvalue weighted by molar-refractivity contribution is -0.115. The van der Waals surface area contributed by atoms with Crippen molar-refractivity contribution >= 4 is 23.2 Å². The summed E-state index contributed by atoms with van der Waals surface area (Å²) in [6, 6.07) is 4.59. The molecule has 1 aromatic carbocycles. The smallest absolute Gasteiger partial charge is 0.238 e. The molecule has 1 saturated carbocycles. The molecule has 0 heterocycles. The van der Waals surface area contributed by atoms with Gasteiger partial charge in [0.2, 0.25) is 5.91 Å². The summed E-state index contributed by atoms with van der Waals surface area (Å²) in [5, 5.41) is 5.73. The minimum absolute atomic E-state index is 0.00736. The first-order chi connectivity index (χ1) is 7.65. The maximum atomic E-state index is 12.8. The van der Waals surface area contributed by atoms with Gasteiger partial charge in [0.15, 0.2) is 0 Å². The van der Waals surface area contributed by atoms with Crippen LogP contribution in [0.15, 0.2) is 18.2 Å². The number of hydrogen-bond acceptors (Lipinski definition) is 2. The van der Waals surface area contributed by atoms with E-state index in [0.29, 0.717) is 11.7 Å². The number of benzene rings is 1. The lowest BCUT2D eigenvalue weighted by Crippen LogP contribution is -2.29. The van der Waals surface area contributed by atoms with Crippen molar-refractivity contribution in [3.8, 4) is 0 Å². The number of rotatable bonds is 4. The molecule has 1 amide bonds. The van der Waals surface area contributed by atoms with Crippen molar-refractivity contribution in [1.29, 1.82) is 0 Å². The van der Waals surface area contributed by atoms with Crippen LogP contribution in [0.2, 0.25) is 5.02 Å². The number of hydrogen-bond donors (Lipinski definition) is 2. The number of anilines is 1. The van der Waals surface area contributed by atoms with Gasteiger partial charge in [-0.25, -0.2) is 4.39 Å². The lowest BCUT2D eigenvalue weighted by atomic mass is 10.3. The number of halogens is 2. The van der Waals surface area contributed by atoms with Crippen LogP contribution in [0.1, 0.15) is 12.8 Å². The van der Waals surface area contributed by atoms with Gasteiger partial charge in [-0.1, -0.05) is 11.6 Å². The van der Waals surface area contributed by atoms with E-state index in [9.17, 15) is 9.18 Å². The average Bonchev–Trinajstić information content (AvgIpc) is 3.04. The molecule has 0 bridgehead atoms. The fraction of sp³-hybridized carbons (Fsp3) is 0.364. The first-order valence-electron chi connectivity index (χ1n) is 5.13. The Balaban J connectivity index is 1.86. The summed E-state index contributed by atoms with van der Waals surface area (Å²) < 4.78 is 12.8. The highest BCUT2D eigenvalue weighted by Crippen LogP contribution is 2.20. The van der Waals surface area contributed by atoms with Gasteiger partial charge in [-0.3, -0.25) is 4.79 Å². The van der Waals surface area contributed by atoms with Crippen LogP contribution in [0, 0.1) is 5.82 Å². The molecular weight excluding hydrogens is 231 g/mol. The minimum Gasteiger partial charge on any atom is -0.325 e. The number of carbonyl (C=O) groups excluding carboxylic acids is 1. The van der Waals surface area contributed by atoms with Crippen molar-refractivity contribution in [3.05, 3.63) is 29.0 Å². The van der Waals surface area contributed by atoms with Crippen LogP contribution in [0.25, 0.3) is 0 Å². The van der Waals surface area contributed by atoms with Crippen LogP contribution in [0.4, 0.5) is 10.1 Å². The lowest BCUT2D eigenvalue weighted by Gasteiger charge is -2.06. The molecule has 1 fully saturated rings. The topological polar surface area (TPSA) is 41.1 Å². The molecule has 5 heteroatoms. The monoisotopic (exact) mass is 242 g/mol. The Morgan fingerprint density at radius 3 is 2.88 bits per heavy atom. The maximum Gasteiger partial charge on any atom is 0.238 e. The Morgan fingerprint density at radius 2 is 2.25 bits per heavy atom. The molecule has 0 aromatic heterocycles. The normalized spacial score (nSPS) is 14.9. The van der Waals surface area contributed by atoms with Crippen molar-refractivity contribution in [3.63, 3.8) is 0 Å². The highest BCUT2D eigenvalue weighted by molar-refractivity contribution is 6.31. The van der Waals surface area contributed by atoms with Gasteiger partial charge in [-0.2, -0.15) is 0 Å². The predicted octanol–water partition coefficient (Wildman–Crippen LogP) is 2.17. The molecule has 0 spiro atoms. The van der Waals surface area contributed by atoms with Gasteiger partial charge in [-0.15, -0.1) is 0 Å². The average molecular weight is 243 g/mol. The molecule has 1 aliphatic carbocycles. The van der Waals surface area contributed by atoms with Crippen molar-refractivity contribution in [2.75, 3.05) is 11.9 Å². The molecule has 86 valence electrons. The third kappa shape index (κ3) is 3.18. The molecule has 3 nitrogen and oxygen atoms in total. The molecule has 2 N–H and O–H groups in total. The molecule has 0 radical (unpaired) electrons. The molecule has 0 aliphatic heterocycles. The highest BCUT2D eigenvalue weighted by atomic mass is 35.5. The number of carbonyl (C=O) groups is 1. The third-order valence-corrected chi connectivity index (χ3v) is 2.62. The summed E-state index contributed by atoms with van der Waals surface area (Å²) >= 11 is 5.59. The molecule has 1 aliphatic rings. The summed E-state index contributed by atoms with van der Waals surface area (Å²) in [6.45, 7) is 0.277. The second-order valence-electron chi connectivity index (χ2n) is 3.83.